The number of para-hydroxylation sites is 1. The Kier molecular flexibility index (Phi) is 3.53. The number of benzene rings is 1. The zero-order valence-corrected chi connectivity index (χ0v) is 8.04. The van der Waals surface area contributed by atoms with E-state index in [0.29, 0.717) is 5.75 Å². The first-order chi connectivity index (χ1) is 6.25. The third-order valence-corrected chi connectivity index (χ3v) is 1.94. The molecule has 0 atom stereocenters. The van der Waals surface area contributed by atoms with Gasteiger partial charge in [0.1, 0.15) is 5.75 Å². The minimum absolute atomic E-state index is 0.340. The number of likely N-dealkylation sites (N-methyl/N-ethyl adjacent to an activating group) is 1. The standard InChI is InChI=1S/C11H15NO/c1-9(7-8-12-2)10-5-3-4-6-11(10)13/h3-7,12-13H,8H2,1-2H3/b9-7+. The molecule has 0 radical (unpaired) electrons. The fourth-order valence-corrected chi connectivity index (χ4v) is 1.17. The van der Waals surface area contributed by atoms with Gasteiger partial charge in [-0.2, -0.15) is 0 Å². The molecule has 0 spiro atoms. The Morgan fingerprint density at radius 3 is 2.77 bits per heavy atom. The third-order valence-electron chi connectivity index (χ3n) is 1.94. The second-order valence-electron chi connectivity index (χ2n) is 2.96. The smallest absolute Gasteiger partial charge is 0.123 e. The number of phenols is 1. The largest absolute Gasteiger partial charge is 0.507 e. The fraction of sp³-hybridized carbons (Fsp3) is 0.273. The monoisotopic (exact) mass is 177 g/mol. The van der Waals surface area contributed by atoms with Crippen LogP contribution in [0.5, 0.6) is 5.75 Å². The van der Waals surface area contributed by atoms with Crippen LogP contribution in [0.15, 0.2) is 30.3 Å². The van der Waals surface area contributed by atoms with E-state index in [1.165, 1.54) is 0 Å². The van der Waals surface area contributed by atoms with Crippen molar-refractivity contribution < 1.29 is 5.11 Å². The maximum absolute atomic E-state index is 9.52. The molecule has 70 valence electrons. The van der Waals surface area contributed by atoms with Crippen molar-refractivity contribution in [2.75, 3.05) is 13.6 Å². The van der Waals surface area contributed by atoms with Crippen LogP contribution in [0, 0.1) is 0 Å². The van der Waals surface area contributed by atoms with Gasteiger partial charge in [0.15, 0.2) is 0 Å². The molecule has 13 heavy (non-hydrogen) atoms. The van der Waals surface area contributed by atoms with Crippen LogP contribution in [0.2, 0.25) is 0 Å². The highest BCUT2D eigenvalue weighted by Crippen LogP contribution is 2.23. The lowest BCUT2D eigenvalue weighted by Gasteiger charge is -2.03. The number of allylic oxidation sites excluding steroid dienone is 1. The van der Waals surface area contributed by atoms with Crippen molar-refractivity contribution in [1.29, 1.82) is 0 Å². The highest BCUT2D eigenvalue weighted by Gasteiger charge is 1.99. The quantitative estimate of drug-likeness (QED) is 0.740. The Bertz CT molecular complexity index is 305. The van der Waals surface area contributed by atoms with Gasteiger partial charge in [-0.25, -0.2) is 0 Å². The molecule has 2 N–H and O–H groups in total. The second kappa shape index (κ2) is 4.67. The van der Waals surface area contributed by atoms with Crippen molar-refractivity contribution in [3.63, 3.8) is 0 Å². The van der Waals surface area contributed by atoms with E-state index < -0.39 is 0 Å². The van der Waals surface area contributed by atoms with E-state index in [2.05, 4.69) is 11.4 Å². The Hall–Kier alpha value is -1.28. The zero-order chi connectivity index (χ0) is 9.68. The lowest BCUT2D eigenvalue weighted by Crippen LogP contribution is -2.04. The Balaban J connectivity index is 2.88. The van der Waals surface area contributed by atoms with Crippen LogP contribution in [0.1, 0.15) is 12.5 Å². The molecule has 1 aromatic carbocycles. The van der Waals surface area contributed by atoms with E-state index in [4.69, 9.17) is 0 Å². The minimum atomic E-state index is 0.340. The molecule has 1 rings (SSSR count). The van der Waals surface area contributed by atoms with Gasteiger partial charge in [0, 0.05) is 12.1 Å². The Morgan fingerprint density at radius 2 is 2.15 bits per heavy atom. The van der Waals surface area contributed by atoms with Gasteiger partial charge in [-0.1, -0.05) is 24.3 Å². The van der Waals surface area contributed by atoms with E-state index in [-0.39, 0.29) is 0 Å². The third kappa shape index (κ3) is 2.60. The van der Waals surface area contributed by atoms with Gasteiger partial charge in [-0.3, -0.25) is 0 Å². The summed E-state index contributed by atoms with van der Waals surface area (Å²) in [4.78, 5) is 0. The first-order valence-electron chi connectivity index (χ1n) is 4.35. The maximum Gasteiger partial charge on any atom is 0.123 e. The van der Waals surface area contributed by atoms with Crippen molar-refractivity contribution >= 4 is 5.57 Å². The highest BCUT2D eigenvalue weighted by atomic mass is 16.3. The normalized spacial score (nSPS) is 11.7. The minimum Gasteiger partial charge on any atom is -0.507 e. The second-order valence-corrected chi connectivity index (χ2v) is 2.96. The molecule has 0 aliphatic rings. The molecule has 0 saturated heterocycles. The van der Waals surface area contributed by atoms with Gasteiger partial charge >= 0.3 is 0 Å². The number of rotatable bonds is 3. The number of phenolic OH excluding ortho intramolecular Hbond substituents is 1. The highest BCUT2D eigenvalue weighted by molar-refractivity contribution is 5.68. The lowest BCUT2D eigenvalue weighted by molar-refractivity contribution is 0.473. The molecule has 0 heterocycles. The molecule has 0 bridgehead atoms. The van der Waals surface area contributed by atoms with Gasteiger partial charge in [0.2, 0.25) is 0 Å². The summed E-state index contributed by atoms with van der Waals surface area (Å²) in [5.74, 6) is 0.340. The van der Waals surface area contributed by atoms with Crippen molar-refractivity contribution in [1.82, 2.24) is 5.32 Å². The molecule has 1 aromatic rings. The van der Waals surface area contributed by atoms with Gasteiger partial charge in [0.25, 0.3) is 0 Å². The zero-order valence-electron chi connectivity index (χ0n) is 8.04. The van der Waals surface area contributed by atoms with Crippen molar-refractivity contribution in [3.8, 4) is 5.75 Å². The van der Waals surface area contributed by atoms with Crippen LogP contribution in [0.3, 0.4) is 0 Å². The molecule has 0 saturated carbocycles. The number of hydrogen-bond acceptors (Lipinski definition) is 2. The molecule has 0 fully saturated rings. The van der Waals surface area contributed by atoms with Crippen molar-refractivity contribution in [2.45, 2.75) is 6.92 Å². The summed E-state index contributed by atoms with van der Waals surface area (Å²) in [5.41, 5.74) is 1.99. The first-order valence-corrected chi connectivity index (χ1v) is 4.35. The summed E-state index contributed by atoms with van der Waals surface area (Å²) >= 11 is 0. The first kappa shape index (κ1) is 9.81. The number of nitrogens with one attached hydrogen (secondary N) is 1. The summed E-state index contributed by atoms with van der Waals surface area (Å²) in [6.07, 6.45) is 2.05. The predicted octanol–water partition coefficient (Wildman–Crippen LogP) is 2.01. The molecule has 0 aromatic heterocycles. The molecule has 2 heteroatoms. The lowest BCUT2D eigenvalue weighted by atomic mass is 10.1. The molecular formula is C11H15NO. The van der Waals surface area contributed by atoms with E-state index in [1.54, 1.807) is 6.07 Å². The van der Waals surface area contributed by atoms with E-state index in [1.807, 2.05) is 32.2 Å². The van der Waals surface area contributed by atoms with E-state index >= 15 is 0 Å². The number of hydrogen-bond donors (Lipinski definition) is 2. The van der Waals surface area contributed by atoms with Crippen LogP contribution >= 0.6 is 0 Å². The fourth-order valence-electron chi connectivity index (χ4n) is 1.17. The summed E-state index contributed by atoms with van der Waals surface area (Å²) in [7, 11) is 1.90. The maximum atomic E-state index is 9.52. The van der Waals surface area contributed by atoms with E-state index in [9.17, 15) is 5.11 Å². The van der Waals surface area contributed by atoms with Crippen LogP contribution in [0.4, 0.5) is 0 Å². The molecule has 0 aliphatic heterocycles. The van der Waals surface area contributed by atoms with Crippen LogP contribution in [0.25, 0.3) is 5.57 Å². The van der Waals surface area contributed by atoms with Crippen molar-refractivity contribution in [2.24, 2.45) is 0 Å². The van der Waals surface area contributed by atoms with Crippen LogP contribution in [-0.4, -0.2) is 18.7 Å². The Morgan fingerprint density at radius 1 is 1.46 bits per heavy atom. The van der Waals surface area contributed by atoms with Crippen molar-refractivity contribution in [3.05, 3.63) is 35.9 Å². The number of aromatic hydroxyl groups is 1. The summed E-state index contributed by atoms with van der Waals surface area (Å²) < 4.78 is 0. The van der Waals surface area contributed by atoms with Gasteiger partial charge in [-0.15, -0.1) is 0 Å². The summed E-state index contributed by atoms with van der Waals surface area (Å²) in [6.45, 7) is 2.81. The van der Waals surface area contributed by atoms with Crippen LogP contribution in [-0.2, 0) is 0 Å². The topological polar surface area (TPSA) is 32.3 Å². The molecule has 0 aliphatic carbocycles. The molecule has 0 amide bonds. The Labute approximate surface area is 78.9 Å². The predicted molar refractivity (Wildman–Crippen MR) is 55.7 cm³/mol. The average Bonchev–Trinajstić information content (AvgIpc) is 2.15. The summed E-state index contributed by atoms with van der Waals surface area (Å²) in [5, 5.41) is 12.5. The molecular weight excluding hydrogens is 162 g/mol. The van der Waals surface area contributed by atoms with Gasteiger partial charge in [-0.05, 0) is 25.6 Å². The van der Waals surface area contributed by atoms with Gasteiger partial charge < -0.3 is 10.4 Å². The SMILES string of the molecule is CNC/C=C(\C)c1ccccc1O. The molecule has 0 unspecified atom stereocenters. The molecule has 2 nitrogen and oxygen atoms in total. The van der Waals surface area contributed by atoms with E-state index in [0.717, 1.165) is 17.7 Å². The van der Waals surface area contributed by atoms with Gasteiger partial charge in [0.05, 0.1) is 0 Å². The van der Waals surface area contributed by atoms with Crippen LogP contribution < -0.4 is 5.32 Å². The average molecular weight is 177 g/mol. The summed E-state index contributed by atoms with van der Waals surface area (Å²) in [6, 6.07) is 7.36.